The van der Waals surface area contributed by atoms with Gasteiger partial charge in [-0.05, 0) is 55.9 Å². The van der Waals surface area contributed by atoms with Gasteiger partial charge in [-0.3, -0.25) is 19.4 Å². The molecular formula is C32H26N2O2S4. The van der Waals surface area contributed by atoms with Gasteiger partial charge in [0.1, 0.15) is 8.64 Å². The highest BCUT2D eigenvalue weighted by molar-refractivity contribution is 8.29. The molecule has 0 bridgehead atoms. The van der Waals surface area contributed by atoms with Gasteiger partial charge < -0.3 is 0 Å². The molecule has 5 aromatic rings. The molecule has 200 valence electrons. The fraction of sp³-hybridized carbons (Fsp3) is 0.188. The lowest BCUT2D eigenvalue weighted by Crippen LogP contribution is -2.30. The lowest BCUT2D eigenvalue weighted by Gasteiger charge is -2.13. The summed E-state index contributed by atoms with van der Waals surface area (Å²) in [6, 6.07) is 26.4. The first-order chi connectivity index (χ1) is 19.4. The molecule has 7 rings (SSSR count). The Morgan fingerprint density at radius 2 is 0.900 bits per heavy atom. The second-order valence-electron chi connectivity index (χ2n) is 9.73. The van der Waals surface area contributed by atoms with Crippen LogP contribution in [0, 0.1) is 0 Å². The first kappa shape index (κ1) is 27.1. The highest BCUT2D eigenvalue weighted by Crippen LogP contribution is 2.42. The molecule has 2 amide bonds. The quantitative estimate of drug-likeness (QED) is 0.0895. The van der Waals surface area contributed by atoms with Crippen LogP contribution in [0.1, 0.15) is 26.7 Å². The van der Waals surface area contributed by atoms with Gasteiger partial charge in [0.15, 0.2) is 0 Å². The van der Waals surface area contributed by atoms with Gasteiger partial charge >= 0.3 is 0 Å². The van der Waals surface area contributed by atoms with E-state index in [1.54, 1.807) is 9.80 Å². The normalized spacial score (nSPS) is 17.8. The Labute approximate surface area is 252 Å². The van der Waals surface area contributed by atoms with Crippen molar-refractivity contribution in [2.45, 2.75) is 26.7 Å². The highest BCUT2D eigenvalue weighted by atomic mass is 32.2. The van der Waals surface area contributed by atoms with Crippen LogP contribution in [-0.2, 0) is 9.59 Å². The molecular weight excluding hydrogens is 573 g/mol. The average Bonchev–Trinajstić information content (AvgIpc) is 3.41. The van der Waals surface area contributed by atoms with Crippen LogP contribution in [0.5, 0.6) is 0 Å². The number of amides is 2. The zero-order chi connectivity index (χ0) is 28.0. The SMILES string of the molecule is CCCN1C(=O)/C(=C2\SC(=S)N(CCC)C2=O)SC1=S.c1cc2cccc3c4cccc5cccc(c(c1)c23)c54. The van der Waals surface area contributed by atoms with E-state index in [1.807, 2.05) is 13.8 Å². The minimum Gasteiger partial charge on any atom is -0.293 e. The molecule has 0 atom stereocenters. The summed E-state index contributed by atoms with van der Waals surface area (Å²) in [5.74, 6) is -0.335. The number of rotatable bonds is 4. The molecule has 0 unspecified atom stereocenters. The Bertz CT molecular complexity index is 1660. The number of fused-ring (bicyclic) bond motifs is 2. The lowest BCUT2D eigenvalue weighted by atomic mass is 9.90. The van der Waals surface area contributed by atoms with Crippen LogP contribution >= 0.6 is 48.0 Å². The fourth-order valence-electron chi connectivity index (χ4n) is 5.48. The number of carbonyl (C=O) groups excluding carboxylic acids is 2. The maximum absolute atomic E-state index is 12.3. The predicted molar refractivity (Wildman–Crippen MR) is 179 cm³/mol. The minimum atomic E-state index is -0.168. The number of carbonyl (C=O) groups is 2. The Morgan fingerprint density at radius 1 is 0.575 bits per heavy atom. The zero-order valence-corrected chi connectivity index (χ0v) is 25.4. The van der Waals surface area contributed by atoms with Crippen molar-refractivity contribution in [1.82, 2.24) is 9.80 Å². The van der Waals surface area contributed by atoms with Crippen LogP contribution in [0.2, 0.25) is 0 Å². The predicted octanol–water partition coefficient (Wildman–Crippen LogP) is 8.48. The van der Waals surface area contributed by atoms with Crippen molar-refractivity contribution in [2.24, 2.45) is 0 Å². The Balaban J connectivity index is 0.000000145. The van der Waals surface area contributed by atoms with Crippen LogP contribution in [-0.4, -0.2) is 43.3 Å². The van der Waals surface area contributed by atoms with Crippen molar-refractivity contribution < 1.29 is 9.59 Å². The van der Waals surface area contributed by atoms with Crippen LogP contribution in [0.4, 0.5) is 0 Å². The third-order valence-electron chi connectivity index (χ3n) is 7.19. The van der Waals surface area contributed by atoms with E-state index in [4.69, 9.17) is 24.4 Å². The molecule has 0 radical (unpaired) electrons. The smallest absolute Gasteiger partial charge is 0.267 e. The molecule has 2 aliphatic heterocycles. The summed E-state index contributed by atoms with van der Waals surface area (Å²) < 4.78 is 1.04. The molecule has 2 saturated heterocycles. The number of hydrogen-bond acceptors (Lipinski definition) is 6. The number of thioether (sulfide) groups is 2. The Hall–Kier alpha value is -3.04. The van der Waals surface area contributed by atoms with Crippen molar-refractivity contribution >= 4 is 112 Å². The summed E-state index contributed by atoms with van der Waals surface area (Å²) in [7, 11) is 0. The molecule has 5 aromatic carbocycles. The van der Waals surface area contributed by atoms with Crippen molar-refractivity contribution in [3.8, 4) is 0 Å². The number of nitrogens with zero attached hydrogens (tertiary/aromatic N) is 2. The van der Waals surface area contributed by atoms with Crippen molar-refractivity contribution in [2.75, 3.05) is 13.1 Å². The van der Waals surface area contributed by atoms with Crippen molar-refractivity contribution in [3.05, 3.63) is 82.6 Å². The third-order valence-corrected chi connectivity index (χ3v) is 10.2. The van der Waals surface area contributed by atoms with Gasteiger partial charge in [0.25, 0.3) is 11.8 Å². The van der Waals surface area contributed by atoms with Crippen LogP contribution in [0.3, 0.4) is 0 Å². The second kappa shape index (κ2) is 11.1. The number of benzene rings is 5. The van der Waals surface area contributed by atoms with E-state index < -0.39 is 0 Å². The minimum absolute atomic E-state index is 0.168. The topological polar surface area (TPSA) is 40.6 Å². The van der Waals surface area contributed by atoms with Gasteiger partial charge in [-0.2, -0.15) is 0 Å². The molecule has 2 heterocycles. The van der Waals surface area contributed by atoms with E-state index in [1.165, 1.54) is 66.6 Å². The molecule has 2 fully saturated rings. The van der Waals surface area contributed by atoms with E-state index in [-0.39, 0.29) is 11.8 Å². The maximum Gasteiger partial charge on any atom is 0.267 e. The summed E-state index contributed by atoms with van der Waals surface area (Å²) in [6.07, 6.45) is 1.66. The second-order valence-corrected chi connectivity index (χ2v) is 13.0. The lowest BCUT2D eigenvalue weighted by molar-refractivity contribution is -0.124. The summed E-state index contributed by atoms with van der Waals surface area (Å²) >= 11 is 12.8. The summed E-state index contributed by atoms with van der Waals surface area (Å²) in [5, 5.41) is 10.9. The molecule has 0 aliphatic carbocycles. The van der Waals surface area contributed by atoms with Crippen molar-refractivity contribution in [3.63, 3.8) is 0 Å². The highest BCUT2D eigenvalue weighted by Gasteiger charge is 2.41. The molecule has 8 heteroatoms. The molecule has 0 spiro atoms. The van der Waals surface area contributed by atoms with E-state index >= 15 is 0 Å². The Morgan fingerprint density at radius 3 is 1.20 bits per heavy atom. The van der Waals surface area contributed by atoms with Crippen LogP contribution in [0.15, 0.2) is 82.6 Å². The molecule has 40 heavy (non-hydrogen) atoms. The zero-order valence-electron chi connectivity index (χ0n) is 22.1. The molecule has 0 N–H and O–H groups in total. The van der Waals surface area contributed by atoms with Crippen LogP contribution in [0.25, 0.3) is 43.1 Å². The summed E-state index contributed by atoms with van der Waals surface area (Å²) in [5.41, 5.74) is 0. The maximum atomic E-state index is 12.3. The fourth-order valence-corrected chi connectivity index (χ4v) is 8.25. The molecule has 4 nitrogen and oxygen atoms in total. The van der Waals surface area contributed by atoms with Gasteiger partial charge in [-0.1, -0.05) is 135 Å². The van der Waals surface area contributed by atoms with Gasteiger partial charge in [0, 0.05) is 13.1 Å². The average molecular weight is 599 g/mol. The third kappa shape index (κ3) is 4.47. The van der Waals surface area contributed by atoms with Gasteiger partial charge in [-0.15, -0.1) is 0 Å². The van der Waals surface area contributed by atoms with Crippen LogP contribution < -0.4 is 0 Å². The van der Waals surface area contributed by atoms with E-state index in [9.17, 15) is 9.59 Å². The summed E-state index contributed by atoms with van der Waals surface area (Å²) in [6.45, 7) is 5.14. The standard InChI is InChI=1S/C20H12.C12H14N2O2S4/c1-5-13-6-2-11-17-18-12-4-8-14-7-3-10-16(20(14)18)15(9-1)19(13)17;1-3-5-13-9(15)7(19-11(13)17)8-10(16)14(6-4-2)12(18)20-8/h1-12H;3-6H2,1-2H3/b;8-7+. The molecule has 2 aliphatic rings. The monoisotopic (exact) mass is 598 g/mol. The van der Waals surface area contributed by atoms with Gasteiger partial charge in [-0.25, -0.2) is 0 Å². The van der Waals surface area contributed by atoms with Gasteiger partial charge in [0.2, 0.25) is 0 Å². The van der Waals surface area contributed by atoms with E-state index in [0.717, 1.165) is 12.8 Å². The molecule has 0 saturated carbocycles. The van der Waals surface area contributed by atoms with Crippen molar-refractivity contribution in [1.29, 1.82) is 0 Å². The first-order valence-corrected chi connectivity index (χ1v) is 15.7. The molecule has 0 aromatic heterocycles. The van der Waals surface area contributed by atoms with Gasteiger partial charge in [0.05, 0.1) is 9.81 Å². The largest absolute Gasteiger partial charge is 0.293 e. The number of thiocarbonyl (C=S) groups is 2. The summed E-state index contributed by atoms with van der Waals surface area (Å²) in [4.78, 5) is 28.7. The Kier molecular flexibility index (Phi) is 7.52. The van der Waals surface area contributed by atoms with E-state index in [2.05, 4.69) is 72.8 Å². The van der Waals surface area contributed by atoms with E-state index in [0.29, 0.717) is 31.5 Å². The first-order valence-electron chi connectivity index (χ1n) is 13.3. The number of hydrogen-bond donors (Lipinski definition) is 0.